The van der Waals surface area contributed by atoms with Gasteiger partial charge in [0.05, 0.1) is 12.8 Å². The number of ether oxygens (including phenoxy) is 1. The molecular weight excluding hydrogens is 424 g/mol. The number of rotatable bonds is 4. The minimum atomic E-state index is -0.485. The molecule has 0 spiro atoms. The van der Waals surface area contributed by atoms with Crippen molar-refractivity contribution in [1.82, 2.24) is 0 Å². The lowest BCUT2D eigenvalue weighted by molar-refractivity contribution is -0.112. The number of hydrogen-bond acceptors (Lipinski definition) is 3. The topological polar surface area (TPSA) is 62.1 Å². The van der Waals surface area contributed by atoms with Gasteiger partial charge in [-0.15, -0.1) is 0 Å². The van der Waals surface area contributed by atoms with E-state index in [1.807, 2.05) is 24.3 Å². The second-order valence-corrected chi connectivity index (χ2v) is 6.26. The van der Waals surface area contributed by atoms with Crippen LogP contribution in [0, 0.1) is 11.3 Å². The molecule has 0 saturated carbocycles. The highest BCUT2D eigenvalue weighted by Gasteiger charge is 2.12. The van der Waals surface area contributed by atoms with E-state index in [0.29, 0.717) is 17.0 Å². The predicted molar refractivity (Wildman–Crippen MR) is 97.1 cm³/mol. The molecule has 0 unspecified atom stereocenters. The molecule has 4 nitrogen and oxygen atoms in total. The lowest BCUT2D eigenvalue weighted by Gasteiger charge is -2.08. The summed E-state index contributed by atoms with van der Waals surface area (Å²) in [4.78, 5) is 12.3. The summed E-state index contributed by atoms with van der Waals surface area (Å²) in [5, 5.41) is 12.0. The Balaban J connectivity index is 2.33. The Labute approximate surface area is 151 Å². The smallest absolute Gasteiger partial charge is 0.266 e. The van der Waals surface area contributed by atoms with Gasteiger partial charge in [-0.2, -0.15) is 5.26 Å². The minimum Gasteiger partial charge on any atom is -0.496 e. The van der Waals surface area contributed by atoms with Crippen molar-refractivity contribution in [2.45, 2.75) is 0 Å². The van der Waals surface area contributed by atoms with Crippen LogP contribution in [0.1, 0.15) is 5.56 Å². The molecule has 1 amide bonds. The van der Waals surface area contributed by atoms with Crippen molar-refractivity contribution in [2.24, 2.45) is 0 Å². The van der Waals surface area contributed by atoms with E-state index in [2.05, 4.69) is 37.2 Å². The van der Waals surface area contributed by atoms with Crippen molar-refractivity contribution < 1.29 is 9.53 Å². The number of para-hydroxylation sites is 1. The van der Waals surface area contributed by atoms with Crippen LogP contribution >= 0.6 is 31.9 Å². The average molecular weight is 436 g/mol. The summed E-state index contributed by atoms with van der Waals surface area (Å²) in [5.74, 6) is 0.0936. The Hall–Kier alpha value is -2.10. The van der Waals surface area contributed by atoms with E-state index in [9.17, 15) is 10.1 Å². The summed E-state index contributed by atoms with van der Waals surface area (Å²) >= 11 is 6.71. The highest BCUT2D eigenvalue weighted by molar-refractivity contribution is 9.10. The van der Waals surface area contributed by atoms with Crippen molar-refractivity contribution in [2.75, 3.05) is 12.4 Å². The molecule has 0 aliphatic carbocycles. The predicted octanol–water partition coefficient (Wildman–Crippen LogP) is 4.77. The van der Waals surface area contributed by atoms with Crippen LogP contribution in [0.5, 0.6) is 5.75 Å². The maximum atomic E-state index is 12.3. The third-order valence-electron chi connectivity index (χ3n) is 2.98. The van der Waals surface area contributed by atoms with E-state index in [4.69, 9.17) is 4.74 Å². The molecule has 0 atom stereocenters. The van der Waals surface area contributed by atoms with Crippen LogP contribution < -0.4 is 10.1 Å². The van der Waals surface area contributed by atoms with E-state index in [1.54, 1.807) is 24.3 Å². The quantitative estimate of drug-likeness (QED) is 0.555. The van der Waals surface area contributed by atoms with Crippen LogP contribution in [0.3, 0.4) is 0 Å². The Bertz CT molecular complexity index is 810. The van der Waals surface area contributed by atoms with Gasteiger partial charge >= 0.3 is 0 Å². The third kappa shape index (κ3) is 4.44. The number of benzene rings is 2. The molecule has 2 rings (SSSR count). The van der Waals surface area contributed by atoms with Crippen molar-refractivity contribution in [3.63, 3.8) is 0 Å². The van der Waals surface area contributed by atoms with E-state index in [-0.39, 0.29) is 5.57 Å². The van der Waals surface area contributed by atoms with Crippen LogP contribution in [-0.4, -0.2) is 13.0 Å². The van der Waals surface area contributed by atoms with E-state index >= 15 is 0 Å². The number of anilines is 1. The number of amides is 1. The molecular formula is C17H12Br2N2O2. The summed E-state index contributed by atoms with van der Waals surface area (Å²) in [6, 6.07) is 14.5. The van der Waals surface area contributed by atoms with Gasteiger partial charge in [-0.1, -0.05) is 28.1 Å². The maximum absolute atomic E-state index is 12.3. The third-order valence-corrected chi connectivity index (χ3v) is 4.16. The summed E-state index contributed by atoms with van der Waals surface area (Å²) in [5.41, 5.74) is 1.22. The second-order valence-electron chi connectivity index (χ2n) is 4.49. The fourth-order valence-electron chi connectivity index (χ4n) is 1.87. The Morgan fingerprint density at radius 2 is 2.00 bits per heavy atom. The van der Waals surface area contributed by atoms with Crippen LogP contribution in [0.2, 0.25) is 0 Å². The molecule has 0 bridgehead atoms. The highest BCUT2D eigenvalue weighted by Crippen LogP contribution is 2.26. The molecule has 0 aliphatic rings. The number of hydrogen-bond donors (Lipinski definition) is 1. The van der Waals surface area contributed by atoms with Crippen molar-refractivity contribution in [3.8, 4) is 11.8 Å². The Kier molecular flexibility index (Phi) is 5.97. The zero-order valence-corrected chi connectivity index (χ0v) is 15.3. The lowest BCUT2D eigenvalue weighted by Crippen LogP contribution is -2.13. The van der Waals surface area contributed by atoms with Gasteiger partial charge in [0.15, 0.2) is 0 Å². The Morgan fingerprint density at radius 3 is 2.65 bits per heavy atom. The van der Waals surface area contributed by atoms with Crippen molar-refractivity contribution >= 4 is 49.5 Å². The summed E-state index contributed by atoms with van der Waals surface area (Å²) in [6.07, 6.45) is 1.50. The molecule has 0 fully saturated rings. The van der Waals surface area contributed by atoms with Crippen LogP contribution in [-0.2, 0) is 4.79 Å². The fraction of sp³-hybridized carbons (Fsp3) is 0.0588. The molecule has 6 heteroatoms. The number of carbonyl (C=O) groups is 1. The number of nitrogens with zero attached hydrogens (tertiary/aromatic N) is 1. The monoisotopic (exact) mass is 434 g/mol. The molecule has 1 N–H and O–H groups in total. The van der Waals surface area contributed by atoms with Gasteiger partial charge in [-0.3, -0.25) is 4.79 Å². The highest BCUT2D eigenvalue weighted by atomic mass is 79.9. The number of methoxy groups -OCH3 is 1. The number of halogens is 2. The SMILES string of the molecule is COc1ccc(Br)cc1C=C(C#N)C(=O)Nc1ccccc1Br. The van der Waals surface area contributed by atoms with E-state index in [1.165, 1.54) is 13.2 Å². The van der Waals surface area contributed by atoms with Gasteiger partial charge in [0, 0.05) is 14.5 Å². The molecule has 0 aromatic heterocycles. The molecule has 23 heavy (non-hydrogen) atoms. The molecule has 0 saturated heterocycles. The summed E-state index contributed by atoms with van der Waals surface area (Å²) in [6.45, 7) is 0. The van der Waals surface area contributed by atoms with Gasteiger partial charge < -0.3 is 10.1 Å². The zero-order chi connectivity index (χ0) is 16.8. The van der Waals surface area contributed by atoms with E-state index in [0.717, 1.165) is 8.95 Å². The number of nitriles is 1. The van der Waals surface area contributed by atoms with Gasteiger partial charge in [0.2, 0.25) is 0 Å². The first kappa shape index (κ1) is 17.3. The lowest BCUT2D eigenvalue weighted by atomic mass is 10.1. The normalized spacial score (nSPS) is 10.8. The largest absolute Gasteiger partial charge is 0.496 e. The van der Waals surface area contributed by atoms with Crippen LogP contribution in [0.15, 0.2) is 57.0 Å². The number of carbonyl (C=O) groups excluding carboxylic acids is 1. The van der Waals surface area contributed by atoms with Gasteiger partial charge in [-0.05, 0) is 52.3 Å². The first-order chi connectivity index (χ1) is 11.0. The van der Waals surface area contributed by atoms with Crippen LogP contribution in [0.4, 0.5) is 5.69 Å². The first-order valence-electron chi connectivity index (χ1n) is 6.56. The zero-order valence-electron chi connectivity index (χ0n) is 12.1. The summed E-state index contributed by atoms with van der Waals surface area (Å²) in [7, 11) is 1.54. The van der Waals surface area contributed by atoms with Gasteiger partial charge in [-0.25, -0.2) is 0 Å². The van der Waals surface area contributed by atoms with Crippen LogP contribution in [0.25, 0.3) is 6.08 Å². The van der Waals surface area contributed by atoms with Crippen molar-refractivity contribution in [3.05, 3.63) is 62.5 Å². The Morgan fingerprint density at radius 1 is 1.26 bits per heavy atom. The second kappa shape index (κ2) is 7.95. The first-order valence-corrected chi connectivity index (χ1v) is 8.15. The average Bonchev–Trinajstić information content (AvgIpc) is 2.54. The minimum absolute atomic E-state index is 0.0165. The molecule has 0 aliphatic heterocycles. The standard InChI is InChI=1S/C17H12Br2N2O2/c1-23-16-7-6-13(18)9-11(16)8-12(10-20)17(22)21-15-5-3-2-4-14(15)19/h2-9H,1H3,(H,21,22). The molecule has 116 valence electrons. The number of nitrogens with one attached hydrogen (secondary N) is 1. The molecule has 2 aromatic carbocycles. The van der Waals surface area contributed by atoms with Crippen molar-refractivity contribution in [1.29, 1.82) is 5.26 Å². The molecule has 0 radical (unpaired) electrons. The molecule has 0 heterocycles. The fourth-order valence-corrected chi connectivity index (χ4v) is 2.64. The maximum Gasteiger partial charge on any atom is 0.266 e. The van der Waals surface area contributed by atoms with E-state index < -0.39 is 5.91 Å². The summed E-state index contributed by atoms with van der Waals surface area (Å²) < 4.78 is 6.82. The van der Waals surface area contributed by atoms with Gasteiger partial charge in [0.1, 0.15) is 17.4 Å². The molecule has 2 aromatic rings. The van der Waals surface area contributed by atoms with Gasteiger partial charge in [0.25, 0.3) is 5.91 Å².